The van der Waals surface area contributed by atoms with Crippen molar-refractivity contribution in [3.63, 3.8) is 0 Å². The standard InChI is InChI=1S/C12H13F3N4/c1-19-7-6-17-11(19)10(18-16)8-4-2-3-5-9(8)12(13,14)15/h2-7,10,18H,16H2,1H3. The number of aryl methyl sites for hydroxylation is 1. The van der Waals surface area contributed by atoms with Gasteiger partial charge >= 0.3 is 6.18 Å². The van der Waals surface area contributed by atoms with Crippen molar-refractivity contribution in [2.45, 2.75) is 12.2 Å². The third-order valence-electron chi connectivity index (χ3n) is 2.86. The van der Waals surface area contributed by atoms with E-state index in [2.05, 4.69) is 10.4 Å². The van der Waals surface area contributed by atoms with Crippen LogP contribution in [0.15, 0.2) is 36.7 Å². The molecule has 1 heterocycles. The Kier molecular flexibility index (Phi) is 3.59. The molecule has 0 saturated heterocycles. The molecule has 0 amide bonds. The molecule has 0 radical (unpaired) electrons. The molecular formula is C12H13F3N4. The summed E-state index contributed by atoms with van der Waals surface area (Å²) in [6, 6.07) is 4.48. The van der Waals surface area contributed by atoms with Crippen LogP contribution < -0.4 is 11.3 Å². The molecule has 0 fully saturated rings. The summed E-state index contributed by atoms with van der Waals surface area (Å²) >= 11 is 0. The predicted octanol–water partition coefficient (Wildman–Crippen LogP) is 1.99. The third-order valence-corrected chi connectivity index (χ3v) is 2.86. The van der Waals surface area contributed by atoms with Gasteiger partial charge < -0.3 is 4.57 Å². The summed E-state index contributed by atoms with van der Waals surface area (Å²) in [4.78, 5) is 4.04. The number of nitrogens with zero attached hydrogens (tertiary/aromatic N) is 2. The van der Waals surface area contributed by atoms with Gasteiger partial charge in [-0.1, -0.05) is 18.2 Å². The van der Waals surface area contributed by atoms with Crippen molar-refractivity contribution in [2.24, 2.45) is 12.9 Å². The Labute approximate surface area is 108 Å². The molecule has 0 aliphatic heterocycles. The van der Waals surface area contributed by atoms with Gasteiger partial charge in [0.25, 0.3) is 0 Å². The second kappa shape index (κ2) is 5.02. The van der Waals surface area contributed by atoms with E-state index in [0.29, 0.717) is 5.82 Å². The first kappa shape index (κ1) is 13.6. The van der Waals surface area contributed by atoms with E-state index in [4.69, 9.17) is 5.84 Å². The fourth-order valence-electron chi connectivity index (χ4n) is 1.97. The van der Waals surface area contributed by atoms with Crippen LogP contribution in [0.3, 0.4) is 0 Å². The second-order valence-electron chi connectivity index (χ2n) is 4.08. The van der Waals surface area contributed by atoms with Crippen LogP contribution in [0.1, 0.15) is 23.0 Å². The molecular weight excluding hydrogens is 257 g/mol. The van der Waals surface area contributed by atoms with Crippen molar-refractivity contribution < 1.29 is 13.2 Å². The summed E-state index contributed by atoms with van der Waals surface area (Å²) in [7, 11) is 1.70. The smallest absolute Gasteiger partial charge is 0.336 e. The van der Waals surface area contributed by atoms with Gasteiger partial charge in [0.15, 0.2) is 0 Å². The average molecular weight is 270 g/mol. The number of hydrogen-bond donors (Lipinski definition) is 2. The van der Waals surface area contributed by atoms with Crippen LogP contribution in [-0.2, 0) is 13.2 Å². The molecule has 102 valence electrons. The number of alkyl halides is 3. The number of hydrogen-bond acceptors (Lipinski definition) is 3. The number of aromatic nitrogens is 2. The molecule has 0 aliphatic rings. The van der Waals surface area contributed by atoms with Gasteiger partial charge in [0, 0.05) is 19.4 Å². The highest BCUT2D eigenvalue weighted by Crippen LogP contribution is 2.35. The zero-order valence-electron chi connectivity index (χ0n) is 10.1. The first-order valence-electron chi connectivity index (χ1n) is 5.54. The van der Waals surface area contributed by atoms with Crippen LogP contribution in [0.4, 0.5) is 13.2 Å². The highest BCUT2D eigenvalue weighted by Gasteiger charge is 2.35. The molecule has 4 nitrogen and oxygen atoms in total. The largest absolute Gasteiger partial charge is 0.416 e. The molecule has 0 saturated carbocycles. The fourth-order valence-corrected chi connectivity index (χ4v) is 1.97. The molecule has 3 N–H and O–H groups in total. The average Bonchev–Trinajstić information content (AvgIpc) is 2.76. The number of nitrogens with two attached hydrogens (primary N) is 1. The first-order valence-corrected chi connectivity index (χ1v) is 5.54. The Bertz CT molecular complexity index is 562. The minimum atomic E-state index is -4.43. The van der Waals surface area contributed by atoms with E-state index in [1.54, 1.807) is 17.8 Å². The lowest BCUT2D eigenvalue weighted by Gasteiger charge is -2.20. The van der Waals surface area contributed by atoms with Crippen LogP contribution >= 0.6 is 0 Å². The number of nitrogens with one attached hydrogen (secondary N) is 1. The Hall–Kier alpha value is -1.86. The zero-order chi connectivity index (χ0) is 14.0. The van der Waals surface area contributed by atoms with Crippen LogP contribution in [0.2, 0.25) is 0 Å². The number of hydrazine groups is 1. The minimum absolute atomic E-state index is 0.0480. The molecule has 2 aromatic rings. The van der Waals surface area contributed by atoms with Gasteiger partial charge in [0.1, 0.15) is 11.9 Å². The van der Waals surface area contributed by atoms with Gasteiger partial charge in [0.2, 0.25) is 0 Å². The SMILES string of the molecule is Cn1ccnc1C(NN)c1ccccc1C(F)(F)F. The van der Waals surface area contributed by atoms with Gasteiger partial charge in [-0.3, -0.25) is 5.84 Å². The van der Waals surface area contributed by atoms with Gasteiger partial charge in [0.05, 0.1) is 5.56 Å². The molecule has 1 unspecified atom stereocenters. The van der Waals surface area contributed by atoms with Crippen LogP contribution in [0.5, 0.6) is 0 Å². The summed E-state index contributed by atoms with van der Waals surface area (Å²) in [6.07, 6.45) is -1.28. The third kappa shape index (κ3) is 2.61. The van der Waals surface area contributed by atoms with E-state index >= 15 is 0 Å². The Morgan fingerprint density at radius 1 is 1.32 bits per heavy atom. The van der Waals surface area contributed by atoms with Gasteiger partial charge in [-0.15, -0.1) is 0 Å². The summed E-state index contributed by atoms with van der Waals surface area (Å²) < 4.78 is 40.6. The van der Waals surface area contributed by atoms with E-state index in [0.717, 1.165) is 6.07 Å². The Morgan fingerprint density at radius 2 is 2.00 bits per heavy atom. The number of rotatable bonds is 3. The normalized spacial score (nSPS) is 13.5. The lowest BCUT2D eigenvalue weighted by atomic mass is 9.99. The van der Waals surface area contributed by atoms with E-state index < -0.39 is 17.8 Å². The summed E-state index contributed by atoms with van der Waals surface area (Å²) in [5.41, 5.74) is 1.72. The van der Waals surface area contributed by atoms with Gasteiger partial charge in [-0.2, -0.15) is 13.2 Å². The summed E-state index contributed by atoms with van der Waals surface area (Å²) in [5, 5.41) is 0. The molecule has 19 heavy (non-hydrogen) atoms. The van der Waals surface area contributed by atoms with Gasteiger partial charge in [-0.25, -0.2) is 10.4 Å². The molecule has 1 aromatic carbocycles. The van der Waals surface area contributed by atoms with Crippen molar-refractivity contribution in [3.05, 3.63) is 53.6 Å². The minimum Gasteiger partial charge on any atom is -0.336 e. The quantitative estimate of drug-likeness (QED) is 0.662. The number of halogens is 3. The molecule has 1 atom stereocenters. The van der Waals surface area contributed by atoms with E-state index in [1.165, 1.54) is 24.4 Å². The maximum atomic E-state index is 13.0. The molecule has 1 aromatic heterocycles. The predicted molar refractivity (Wildman–Crippen MR) is 63.8 cm³/mol. The molecule has 7 heteroatoms. The Balaban J connectivity index is 2.54. The topological polar surface area (TPSA) is 55.9 Å². The van der Waals surface area contributed by atoms with Crippen molar-refractivity contribution in [2.75, 3.05) is 0 Å². The van der Waals surface area contributed by atoms with Crippen LogP contribution in [-0.4, -0.2) is 9.55 Å². The highest BCUT2D eigenvalue weighted by molar-refractivity contribution is 5.35. The maximum Gasteiger partial charge on any atom is 0.416 e. The highest BCUT2D eigenvalue weighted by atomic mass is 19.4. The lowest BCUT2D eigenvalue weighted by molar-refractivity contribution is -0.138. The van der Waals surface area contributed by atoms with E-state index in [-0.39, 0.29) is 5.56 Å². The van der Waals surface area contributed by atoms with Gasteiger partial charge in [-0.05, 0) is 11.6 Å². The molecule has 0 aliphatic carbocycles. The molecule has 0 spiro atoms. The first-order chi connectivity index (χ1) is 8.95. The van der Waals surface area contributed by atoms with Crippen LogP contribution in [0.25, 0.3) is 0 Å². The summed E-state index contributed by atoms with van der Waals surface area (Å²) in [5.74, 6) is 5.82. The number of imidazole rings is 1. The van der Waals surface area contributed by atoms with Crippen LogP contribution in [0, 0.1) is 0 Å². The zero-order valence-corrected chi connectivity index (χ0v) is 10.1. The molecule has 0 bridgehead atoms. The second-order valence-corrected chi connectivity index (χ2v) is 4.08. The van der Waals surface area contributed by atoms with Crippen molar-refractivity contribution >= 4 is 0 Å². The van der Waals surface area contributed by atoms with Crippen molar-refractivity contribution in [1.29, 1.82) is 0 Å². The molecule has 2 rings (SSSR count). The Morgan fingerprint density at radius 3 is 2.53 bits per heavy atom. The number of benzene rings is 1. The maximum absolute atomic E-state index is 13.0. The van der Waals surface area contributed by atoms with Crippen molar-refractivity contribution in [3.8, 4) is 0 Å². The monoisotopic (exact) mass is 270 g/mol. The summed E-state index contributed by atoms with van der Waals surface area (Å²) in [6.45, 7) is 0. The van der Waals surface area contributed by atoms with E-state index in [9.17, 15) is 13.2 Å². The fraction of sp³-hybridized carbons (Fsp3) is 0.250. The lowest BCUT2D eigenvalue weighted by Crippen LogP contribution is -2.32. The van der Waals surface area contributed by atoms with Crippen molar-refractivity contribution in [1.82, 2.24) is 15.0 Å². The van der Waals surface area contributed by atoms with E-state index in [1.807, 2.05) is 0 Å².